The minimum Gasteiger partial charge on any atom is -0.313 e. The number of nitriles is 1. The zero-order valence-corrected chi connectivity index (χ0v) is 10.6. The molecule has 0 aromatic rings. The van der Waals surface area contributed by atoms with Crippen molar-refractivity contribution in [2.75, 3.05) is 31.9 Å². The second kappa shape index (κ2) is 5.62. The van der Waals surface area contributed by atoms with Gasteiger partial charge in [0, 0.05) is 26.2 Å². The number of nitrogens with zero attached hydrogens (tertiary/aromatic N) is 2. The van der Waals surface area contributed by atoms with Crippen molar-refractivity contribution in [1.29, 1.82) is 5.26 Å². The Hall–Kier alpha value is -0.640. The summed E-state index contributed by atoms with van der Waals surface area (Å²) in [5.74, 6) is 0.142. The number of hydrogen-bond acceptors (Lipinski definition) is 5. The van der Waals surface area contributed by atoms with E-state index >= 15 is 0 Å². The van der Waals surface area contributed by atoms with E-state index in [1.807, 2.05) is 4.90 Å². The summed E-state index contributed by atoms with van der Waals surface area (Å²) in [5, 5.41) is 11.7. The van der Waals surface area contributed by atoms with E-state index in [1.165, 1.54) is 0 Å². The van der Waals surface area contributed by atoms with Gasteiger partial charge in [-0.15, -0.1) is 0 Å². The van der Waals surface area contributed by atoms with Gasteiger partial charge in [-0.2, -0.15) is 5.26 Å². The van der Waals surface area contributed by atoms with Crippen molar-refractivity contribution in [1.82, 2.24) is 10.2 Å². The molecule has 16 heavy (non-hydrogen) atoms. The smallest absolute Gasteiger partial charge is 0.153 e. The molecule has 1 aliphatic heterocycles. The van der Waals surface area contributed by atoms with E-state index in [2.05, 4.69) is 11.4 Å². The molecule has 0 saturated carbocycles. The standard InChI is InChI=1S/C10H19N3O2S/c1-9(2)16(14,15)6-5-13-4-3-12-8-10(13)7-11/h9-10,12H,3-6,8H2,1-2H3. The van der Waals surface area contributed by atoms with Gasteiger partial charge in [0.15, 0.2) is 9.84 Å². The van der Waals surface area contributed by atoms with Crippen molar-refractivity contribution >= 4 is 9.84 Å². The minimum absolute atomic E-state index is 0.142. The number of hydrogen-bond donors (Lipinski definition) is 1. The lowest BCUT2D eigenvalue weighted by molar-refractivity contribution is 0.208. The molecule has 0 amide bonds. The van der Waals surface area contributed by atoms with Crippen molar-refractivity contribution in [3.63, 3.8) is 0 Å². The third-order valence-corrected chi connectivity index (χ3v) is 5.07. The van der Waals surface area contributed by atoms with Crippen LogP contribution >= 0.6 is 0 Å². The van der Waals surface area contributed by atoms with Crippen LogP contribution in [0, 0.1) is 11.3 Å². The Kier molecular flexibility index (Phi) is 4.71. The first-order chi connectivity index (χ1) is 7.47. The predicted molar refractivity (Wildman–Crippen MR) is 62.8 cm³/mol. The average molecular weight is 245 g/mol. The summed E-state index contributed by atoms with van der Waals surface area (Å²) in [5.41, 5.74) is 0. The second-order valence-electron chi connectivity index (χ2n) is 4.30. The summed E-state index contributed by atoms with van der Waals surface area (Å²) < 4.78 is 23.3. The molecule has 1 rings (SSSR count). The van der Waals surface area contributed by atoms with Crippen LogP contribution in [0.2, 0.25) is 0 Å². The fourth-order valence-corrected chi connectivity index (χ4v) is 2.58. The molecule has 1 aliphatic rings. The summed E-state index contributed by atoms with van der Waals surface area (Å²) in [6.45, 7) is 6.02. The van der Waals surface area contributed by atoms with Gasteiger partial charge in [-0.1, -0.05) is 0 Å². The Bertz CT molecular complexity index is 359. The Morgan fingerprint density at radius 2 is 2.25 bits per heavy atom. The minimum atomic E-state index is -3.00. The monoisotopic (exact) mass is 245 g/mol. The van der Waals surface area contributed by atoms with E-state index in [0.29, 0.717) is 13.1 Å². The number of sulfone groups is 1. The molecule has 1 unspecified atom stereocenters. The molecular formula is C10H19N3O2S. The van der Waals surface area contributed by atoms with E-state index in [0.717, 1.165) is 13.1 Å². The molecular weight excluding hydrogens is 226 g/mol. The summed E-state index contributed by atoms with van der Waals surface area (Å²) in [4.78, 5) is 1.94. The molecule has 1 fully saturated rings. The van der Waals surface area contributed by atoms with Crippen molar-refractivity contribution in [3.8, 4) is 6.07 Å². The first kappa shape index (κ1) is 13.4. The molecule has 5 nitrogen and oxygen atoms in total. The lowest BCUT2D eigenvalue weighted by atomic mass is 10.2. The maximum atomic E-state index is 11.6. The van der Waals surface area contributed by atoms with E-state index < -0.39 is 9.84 Å². The quantitative estimate of drug-likeness (QED) is 0.730. The molecule has 0 aliphatic carbocycles. The van der Waals surface area contributed by atoms with Gasteiger partial charge < -0.3 is 5.32 Å². The van der Waals surface area contributed by atoms with Crippen LogP contribution in [-0.4, -0.2) is 56.5 Å². The maximum Gasteiger partial charge on any atom is 0.153 e. The highest BCUT2D eigenvalue weighted by molar-refractivity contribution is 7.92. The average Bonchev–Trinajstić information content (AvgIpc) is 2.26. The van der Waals surface area contributed by atoms with Crippen molar-refractivity contribution in [2.45, 2.75) is 25.1 Å². The molecule has 1 atom stereocenters. The zero-order chi connectivity index (χ0) is 12.2. The molecule has 1 saturated heterocycles. The number of nitrogens with one attached hydrogen (secondary N) is 1. The fraction of sp³-hybridized carbons (Fsp3) is 0.900. The van der Waals surface area contributed by atoms with Crippen LogP contribution in [0.1, 0.15) is 13.8 Å². The van der Waals surface area contributed by atoms with Crippen LogP contribution in [0.25, 0.3) is 0 Å². The van der Waals surface area contributed by atoms with E-state index in [-0.39, 0.29) is 17.0 Å². The highest BCUT2D eigenvalue weighted by Crippen LogP contribution is 2.06. The summed E-state index contributed by atoms with van der Waals surface area (Å²) in [6.07, 6.45) is 0. The van der Waals surface area contributed by atoms with Gasteiger partial charge in [-0.05, 0) is 13.8 Å². The Morgan fingerprint density at radius 1 is 1.56 bits per heavy atom. The normalized spacial score (nSPS) is 23.2. The first-order valence-electron chi connectivity index (χ1n) is 5.53. The second-order valence-corrected chi connectivity index (χ2v) is 6.98. The Labute approximate surface area is 97.3 Å². The maximum absolute atomic E-state index is 11.6. The Balaban J connectivity index is 2.51. The van der Waals surface area contributed by atoms with Crippen molar-refractivity contribution < 1.29 is 8.42 Å². The van der Waals surface area contributed by atoms with Gasteiger partial charge in [0.2, 0.25) is 0 Å². The lowest BCUT2D eigenvalue weighted by Crippen LogP contribution is -2.51. The van der Waals surface area contributed by atoms with E-state index in [9.17, 15) is 8.42 Å². The first-order valence-corrected chi connectivity index (χ1v) is 7.25. The largest absolute Gasteiger partial charge is 0.313 e. The van der Waals surface area contributed by atoms with Gasteiger partial charge in [0.1, 0.15) is 6.04 Å². The lowest BCUT2D eigenvalue weighted by Gasteiger charge is -2.31. The fourth-order valence-electron chi connectivity index (χ4n) is 1.62. The molecule has 0 bridgehead atoms. The third kappa shape index (κ3) is 3.44. The molecule has 0 radical (unpaired) electrons. The summed E-state index contributed by atoms with van der Waals surface area (Å²) in [7, 11) is -3.00. The van der Waals surface area contributed by atoms with Crippen LogP contribution in [0.15, 0.2) is 0 Å². The van der Waals surface area contributed by atoms with Crippen LogP contribution in [0.5, 0.6) is 0 Å². The molecule has 1 heterocycles. The number of piperazine rings is 1. The predicted octanol–water partition coefficient (Wildman–Crippen LogP) is -0.393. The summed E-state index contributed by atoms with van der Waals surface area (Å²) >= 11 is 0. The highest BCUT2D eigenvalue weighted by Gasteiger charge is 2.24. The summed E-state index contributed by atoms with van der Waals surface area (Å²) in [6, 6.07) is 1.99. The molecule has 1 N–H and O–H groups in total. The number of rotatable bonds is 4. The van der Waals surface area contributed by atoms with Gasteiger partial charge in [-0.25, -0.2) is 8.42 Å². The van der Waals surface area contributed by atoms with E-state index in [1.54, 1.807) is 13.8 Å². The van der Waals surface area contributed by atoms with Gasteiger partial charge in [0.05, 0.1) is 17.1 Å². The molecule has 0 aromatic heterocycles. The topological polar surface area (TPSA) is 73.2 Å². The SMILES string of the molecule is CC(C)S(=O)(=O)CCN1CCNCC1C#N. The van der Waals surface area contributed by atoms with Crippen LogP contribution in [0.4, 0.5) is 0 Å². The molecule has 0 spiro atoms. The molecule has 0 aromatic carbocycles. The van der Waals surface area contributed by atoms with Crippen molar-refractivity contribution in [3.05, 3.63) is 0 Å². The highest BCUT2D eigenvalue weighted by atomic mass is 32.2. The van der Waals surface area contributed by atoms with Crippen LogP contribution < -0.4 is 5.32 Å². The Morgan fingerprint density at radius 3 is 2.81 bits per heavy atom. The van der Waals surface area contributed by atoms with Crippen molar-refractivity contribution in [2.24, 2.45) is 0 Å². The molecule has 6 heteroatoms. The zero-order valence-electron chi connectivity index (χ0n) is 9.81. The van der Waals surface area contributed by atoms with Gasteiger partial charge in [0.25, 0.3) is 0 Å². The van der Waals surface area contributed by atoms with Crippen LogP contribution in [0.3, 0.4) is 0 Å². The van der Waals surface area contributed by atoms with Gasteiger partial charge in [-0.3, -0.25) is 4.90 Å². The third-order valence-electron chi connectivity index (χ3n) is 2.88. The van der Waals surface area contributed by atoms with Crippen LogP contribution in [-0.2, 0) is 9.84 Å². The molecule has 92 valence electrons. The van der Waals surface area contributed by atoms with E-state index in [4.69, 9.17) is 5.26 Å². The van der Waals surface area contributed by atoms with Gasteiger partial charge >= 0.3 is 0 Å².